The summed E-state index contributed by atoms with van der Waals surface area (Å²) in [6.45, 7) is 0. The second kappa shape index (κ2) is 4.37. The fraction of sp³-hybridized carbons (Fsp3) is 0.0909. The topological polar surface area (TPSA) is 44.1 Å². The molecule has 4 nitrogen and oxygen atoms in total. The minimum atomic E-state index is -0.552. The van der Waals surface area contributed by atoms with Crippen LogP contribution < -0.4 is 4.74 Å². The maximum atomic E-state index is 11.2. The molecule has 0 amide bonds. The van der Waals surface area contributed by atoms with Crippen LogP contribution in [0.4, 0.5) is 0 Å². The number of nitrogens with zero attached hydrogens (tertiary/aromatic N) is 2. The van der Waals surface area contributed by atoms with E-state index in [9.17, 15) is 4.79 Å². The van der Waals surface area contributed by atoms with Crippen LogP contribution in [0.15, 0.2) is 36.8 Å². The monoisotopic (exact) mass is 236 g/mol. The summed E-state index contributed by atoms with van der Waals surface area (Å²) in [6, 6.07) is 7.32. The summed E-state index contributed by atoms with van der Waals surface area (Å²) in [6.07, 6.45) is 2.94. The second-order valence-corrected chi connectivity index (χ2v) is 3.44. The van der Waals surface area contributed by atoms with Crippen molar-refractivity contribution in [1.82, 2.24) is 9.55 Å². The van der Waals surface area contributed by atoms with Crippen LogP contribution in [0.2, 0.25) is 0 Å². The highest BCUT2D eigenvalue weighted by Crippen LogP contribution is 2.23. The van der Waals surface area contributed by atoms with Crippen molar-refractivity contribution in [2.75, 3.05) is 7.11 Å². The molecule has 0 saturated carbocycles. The molecule has 0 unspecified atom stereocenters. The molecular formula is C11H9ClN2O2. The van der Waals surface area contributed by atoms with E-state index in [1.807, 2.05) is 18.2 Å². The van der Waals surface area contributed by atoms with Crippen LogP contribution in [0.25, 0.3) is 5.69 Å². The Morgan fingerprint density at radius 2 is 2.19 bits per heavy atom. The third-order valence-corrected chi connectivity index (χ3v) is 2.38. The van der Waals surface area contributed by atoms with E-state index in [-0.39, 0.29) is 0 Å². The molecule has 0 aliphatic heterocycles. The van der Waals surface area contributed by atoms with Gasteiger partial charge in [-0.2, -0.15) is 0 Å². The van der Waals surface area contributed by atoms with Crippen molar-refractivity contribution in [3.8, 4) is 11.4 Å². The molecule has 0 spiro atoms. The number of aromatic nitrogens is 2. The minimum absolute atomic E-state index is 0.311. The van der Waals surface area contributed by atoms with Gasteiger partial charge in [-0.15, -0.1) is 0 Å². The quantitative estimate of drug-likeness (QED) is 0.768. The van der Waals surface area contributed by atoms with Gasteiger partial charge in [-0.3, -0.25) is 9.36 Å². The molecule has 1 aromatic heterocycles. The number of benzene rings is 1. The summed E-state index contributed by atoms with van der Waals surface area (Å²) < 4.78 is 6.79. The van der Waals surface area contributed by atoms with E-state index in [0.29, 0.717) is 11.4 Å². The van der Waals surface area contributed by atoms with E-state index >= 15 is 0 Å². The van der Waals surface area contributed by atoms with Gasteiger partial charge in [-0.25, -0.2) is 4.98 Å². The highest BCUT2D eigenvalue weighted by Gasteiger charge is 2.12. The van der Waals surface area contributed by atoms with E-state index in [1.165, 1.54) is 12.5 Å². The molecule has 0 fully saturated rings. The predicted molar refractivity (Wildman–Crippen MR) is 60.3 cm³/mol. The van der Waals surface area contributed by atoms with Gasteiger partial charge in [0, 0.05) is 0 Å². The molecule has 0 N–H and O–H groups in total. The lowest BCUT2D eigenvalue weighted by atomic mass is 10.3. The molecule has 0 aliphatic carbocycles. The fourth-order valence-corrected chi connectivity index (χ4v) is 1.60. The van der Waals surface area contributed by atoms with Crippen LogP contribution in [0, 0.1) is 0 Å². The molecule has 1 heterocycles. The standard InChI is InChI=1S/C11H9ClN2O2/c1-16-10-5-3-2-4-8(10)14-7-13-6-9(14)11(12)15/h2-7H,1H3. The number of para-hydroxylation sites is 2. The Morgan fingerprint density at radius 3 is 2.88 bits per heavy atom. The third-order valence-electron chi connectivity index (χ3n) is 2.18. The van der Waals surface area contributed by atoms with Crippen molar-refractivity contribution >= 4 is 16.8 Å². The zero-order valence-electron chi connectivity index (χ0n) is 8.55. The molecular weight excluding hydrogens is 228 g/mol. The zero-order chi connectivity index (χ0) is 11.5. The molecule has 0 saturated heterocycles. The summed E-state index contributed by atoms with van der Waals surface area (Å²) in [5.74, 6) is 0.652. The van der Waals surface area contributed by atoms with Gasteiger partial charge in [0.05, 0.1) is 25.3 Å². The van der Waals surface area contributed by atoms with E-state index in [1.54, 1.807) is 17.7 Å². The van der Waals surface area contributed by atoms with Gasteiger partial charge in [0.2, 0.25) is 0 Å². The van der Waals surface area contributed by atoms with Crippen molar-refractivity contribution in [3.05, 3.63) is 42.5 Å². The number of methoxy groups -OCH3 is 1. The molecule has 0 atom stereocenters. The fourth-order valence-electron chi connectivity index (χ4n) is 1.46. The Hall–Kier alpha value is -1.81. The Balaban J connectivity index is 2.58. The number of carbonyl (C=O) groups excluding carboxylic acids is 1. The van der Waals surface area contributed by atoms with Crippen molar-refractivity contribution < 1.29 is 9.53 Å². The first-order valence-corrected chi connectivity index (χ1v) is 4.97. The van der Waals surface area contributed by atoms with Crippen LogP contribution in [0.5, 0.6) is 5.75 Å². The number of hydrogen-bond acceptors (Lipinski definition) is 3. The summed E-state index contributed by atoms with van der Waals surface area (Å²) in [5, 5.41) is -0.552. The second-order valence-electron chi connectivity index (χ2n) is 3.09. The van der Waals surface area contributed by atoms with Crippen LogP contribution in [0.3, 0.4) is 0 Å². The average molecular weight is 237 g/mol. The number of imidazole rings is 1. The van der Waals surface area contributed by atoms with Gasteiger partial charge in [-0.1, -0.05) is 12.1 Å². The van der Waals surface area contributed by atoms with Crippen LogP contribution >= 0.6 is 11.6 Å². The van der Waals surface area contributed by atoms with Gasteiger partial charge >= 0.3 is 0 Å². The lowest BCUT2D eigenvalue weighted by Gasteiger charge is -2.09. The number of carbonyl (C=O) groups is 1. The van der Waals surface area contributed by atoms with Crippen molar-refractivity contribution in [1.29, 1.82) is 0 Å². The smallest absolute Gasteiger partial charge is 0.270 e. The van der Waals surface area contributed by atoms with E-state index in [4.69, 9.17) is 16.3 Å². The van der Waals surface area contributed by atoms with Gasteiger partial charge in [0.1, 0.15) is 11.4 Å². The lowest BCUT2D eigenvalue weighted by Crippen LogP contribution is -2.03. The molecule has 0 aliphatic rings. The molecule has 0 radical (unpaired) electrons. The zero-order valence-corrected chi connectivity index (χ0v) is 9.31. The summed E-state index contributed by atoms with van der Waals surface area (Å²) in [4.78, 5) is 15.1. The minimum Gasteiger partial charge on any atom is -0.495 e. The summed E-state index contributed by atoms with van der Waals surface area (Å²) >= 11 is 5.45. The van der Waals surface area contributed by atoms with Crippen molar-refractivity contribution in [2.45, 2.75) is 0 Å². The SMILES string of the molecule is COc1ccccc1-n1cncc1C(=O)Cl. The average Bonchev–Trinajstić information content (AvgIpc) is 2.77. The third kappa shape index (κ3) is 1.79. The Bertz CT molecular complexity index is 522. The summed E-state index contributed by atoms with van der Waals surface area (Å²) in [5.41, 5.74) is 1.04. The van der Waals surface area contributed by atoms with Crippen molar-refractivity contribution in [3.63, 3.8) is 0 Å². The van der Waals surface area contributed by atoms with Crippen LogP contribution in [-0.2, 0) is 0 Å². The van der Waals surface area contributed by atoms with E-state index in [0.717, 1.165) is 5.69 Å². The van der Waals surface area contributed by atoms with Gasteiger partial charge in [0.15, 0.2) is 0 Å². The first kappa shape index (κ1) is 10.7. The highest BCUT2D eigenvalue weighted by molar-refractivity contribution is 6.67. The number of rotatable bonds is 3. The largest absolute Gasteiger partial charge is 0.495 e. The maximum absolute atomic E-state index is 11.2. The van der Waals surface area contributed by atoms with E-state index < -0.39 is 5.24 Å². The number of halogens is 1. The van der Waals surface area contributed by atoms with Gasteiger partial charge in [0.25, 0.3) is 5.24 Å². The maximum Gasteiger partial charge on any atom is 0.270 e. The molecule has 0 bridgehead atoms. The lowest BCUT2D eigenvalue weighted by molar-refractivity contribution is 0.107. The van der Waals surface area contributed by atoms with Gasteiger partial charge < -0.3 is 4.74 Å². The molecule has 5 heteroatoms. The molecule has 2 aromatic rings. The van der Waals surface area contributed by atoms with Crippen LogP contribution in [-0.4, -0.2) is 21.9 Å². The predicted octanol–water partition coefficient (Wildman–Crippen LogP) is 2.26. The van der Waals surface area contributed by atoms with Crippen LogP contribution in [0.1, 0.15) is 10.5 Å². The summed E-state index contributed by atoms with van der Waals surface area (Å²) in [7, 11) is 1.57. The molecule has 82 valence electrons. The molecule has 1 aromatic carbocycles. The van der Waals surface area contributed by atoms with Gasteiger partial charge in [-0.05, 0) is 23.7 Å². The Morgan fingerprint density at radius 1 is 1.44 bits per heavy atom. The Kier molecular flexibility index (Phi) is 2.92. The molecule has 2 rings (SSSR count). The Labute approximate surface area is 97.4 Å². The normalized spacial score (nSPS) is 10.1. The highest BCUT2D eigenvalue weighted by atomic mass is 35.5. The van der Waals surface area contributed by atoms with Crippen molar-refractivity contribution in [2.24, 2.45) is 0 Å². The van der Waals surface area contributed by atoms with E-state index in [2.05, 4.69) is 4.98 Å². The number of hydrogen-bond donors (Lipinski definition) is 0. The first-order chi connectivity index (χ1) is 7.74. The first-order valence-electron chi connectivity index (χ1n) is 4.59. The number of ether oxygens (including phenoxy) is 1. The molecule has 16 heavy (non-hydrogen) atoms.